The molecule has 0 unspecified atom stereocenters. The van der Waals surface area contributed by atoms with Crippen molar-refractivity contribution >= 4 is 50.6 Å². The molecule has 0 saturated heterocycles. The van der Waals surface area contributed by atoms with Gasteiger partial charge in [-0.1, -0.05) is 54.8 Å². The minimum Gasteiger partial charge on any atom is -0.207 e. The number of benzene rings is 5. The summed E-state index contributed by atoms with van der Waals surface area (Å²) in [4.78, 5) is 0. The number of hydrogen-bond acceptors (Lipinski definition) is 0. The van der Waals surface area contributed by atoms with Gasteiger partial charge in [-0.3, -0.25) is 0 Å². The van der Waals surface area contributed by atoms with E-state index < -0.39 is 30.2 Å². The summed E-state index contributed by atoms with van der Waals surface area (Å²) in [5, 5.41) is 3.86. The molecule has 0 amide bonds. The van der Waals surface area contributed by atoms with Gasteiger partial charge in [-0.05, 0) is 76.2 Å². The summed E-state index contributed by atoms with van der Waals surface area (Å²) in [6.45, 7) is -3.39. The predicted octanol–water partition coefficient (Wildman–Crippen LogP) is 6.28. The van der Waals surface area contributed by atoms with Gasteiger partial charge >= 0.3 is 0 Å². The first-order valence-electron chi connectivity index (χ1n) is 9.95. The molecule has 0 heterocycles. The zero-order chi connectivity index (χ0) is 22.5. The Morgan fingerprint density at radius 1 is 0.500 bits per heavy atom. The maximum absolute atomic E-state index is 15.2. The van der Waals surface area contributed by atoms with Gasteiger partial charge in [-0.25, -0.2) is 17.6 Å². The molecule has 0 atom stereocenters. The molecule has 0 bridgehead atoms. The van der Waals surface area contributed by atoms with Crippen LogP contribution in [0.4, 0.5) is 17.6 Å². The van der Waals surface area contributed by atoms with Crippen LogP contribution in [-0.2, 0) is 0 Å². The molecule has 5 aromatic carbocycles. The normalized spacial score (nSPS) is 11.9. The fourth-order valence-corrected chi connectivity index (χ4v) is 7.61. The second-order valence-corrected chi connectivity index (χ2v) is 10.7. The van der Waals surface area contributed by atoms with Gasteiger partial charge in [-0.15, -0.1) is 0 Å². The second-order valence-electron chi connectivity index (χ2n) is 7.66. The average molecular weight is 448 g/mol. The van der Waals surface area contributed by atoms with E-state index in [2.05, 4.69) is 6.30 Å². The van der Waals surface area contributed by atoms with E-state index >= 15 is 8.78 Å². The van der Waals surface area contributed by atoms with Gasteiger partial charge in [0.05, 0.1) is 0 Å². The van der Waals surface area contributed by atoms with Crippen molar-refractivity contribution in [3.05, 3.63) is 114 Å². The molecule has 0 radical (unpaired) electrons. The quantitative estimate of drug-likeness (QED) is 0.173. The molecule has 0 aliphatic carbocycles. The molecular formula is C27H17F4P. The highest BCUT2D eigenvalue weighted by atomic mass is 31.2. The Bertz CT molecular complexity index is 1500. The van der Waals surface area contributed by atoms with Gasteiger partial charge in [-0.2, -0.15) is 0 Å². The summed E-state index contributed by atoms with van der Waals surface area (Å²) < 4.78 is 59.0. The van der Waals surface area contributed by atoms with Crippen molar-refractivity contribution < 1.29 is 17.6 Å². The summed E-state index contributed by atoms with van der Waals surface area (Å²) in [5.41, 5.74) is 0. The minimum atomic E-state index is -3.39. The van der Waals surface area contributed by atoms with Crippen LogP contribution in [0.1, 0.15) is 0 Å². The monoisotopic (exact) mass is 448 g/mol. The van der Waals surface area contributed by atoms with Gasteiger partial charge < -0.3 is 0 Å². The van der Waals surface area contributed by atoms with Crippen LogP contribution in [0.5, 0.6) is 0 Å². The summed E-state index contributed by atoms with van der Waals surface area (Å²) in [6.07, 6.45) is 4.34. The van der Waals surface area contributed by atoms with E-state index in [1.165, 1.54) is 0 Å². The Kier molecular flexibility index (Phi) is 4.91. The highest BCUT2D eigenvalue weighted by Gasteiger charge is 2.31. The Labute approximate surface area is 182 Å². The van der Waals surface area contributed by atoms with Crippen molar-refractivity contribution in [1.82, 2.24) is 0 Å². The van der Waals surface area contributed by atoms with E-state index in [0.29, 0.717) is 5.30 Å². The highest BCUT2D eigenvalue weighted by Crippen LogP contribution is 2.46. The lowest BCUT2D eigenvalue weighted by molar-refractivity contribution is 0.605. The summed E-state index contributed by atoms with van der Waals surface area (Å²) in [7, 11) is 0. The summed E-state index contributed by atoms with van der Waals surface area (Å²) in [5.74, 6) is -2.76. The lowest BCUT2D eigenvalue weighted by atomic mass is 10.0. The van der Waals surface area contributed by atoms with Crippen LogP contribution in [0, 0.1) is 23.3 Å². The molecule has 0 aromatic heterocycles. The predicted molar refractivity (Wildman–Crippen MR) is 127 cm³/mol. The SMILES string of the molecule is C=P(c1cc(F)ccc1F)(c1cc(F)ccc1F)c1cc2ccccc2c2ccccc12. The fraction of sp³-hybridized carbons (Fsp3) is 0. The van der Waals surface area contributed by atoms with E-state index in [4.69, 9.17) is 0 Å². The fourth-order valence-electron chi connectivity index (χ4n) is 4.30. The zero-order valence-electron chi connectivity index (χ0n) is 16.8. The van der Waals surface area contributed by atoms with E-state index in [1.807, 2.05) is 54.6 Å². The molecule has 0 saturated carbocycles. The van der Waals surface area contributed by atoms with Crippen LogP contribution in [0.25, 0.3) is 21.5 Å². The first-order chi connectivity index (χ1) is 15.4. The van der Waals surface area contributed by atoms with Crippen LogP contribution in [0.15, 0.2) is 91.0 Å². The Morgan fingerprint density at radius 3 is 1.59 bits per heavy atom. The van der Waals surface area contributed by atoms with Gasteiger partial charge in [0.15, 0.2) is 0 Å². The zero-order valence-corrected chi connectivity index (χ0v) is 17.7. The molecule has 0 aliphatic heterocycles. The average Bonchev–Trinajstić information content (AvgIpc) is 2.81. The van der Waals surface area contributed by atoms with Gasteiger partial charge in [0.2, 0.25) is 0 Å². The third-order valence-electron chi connectivity index (χ3n) is 5.80. The summed E-state index contributed by atoms with van der Waals surface area (Å²) >= 11 is 0. The van der Waals surface area contributed by atoms with Crippen LogP contribution in [0.3, 0.4) is 0 Å². The third kappa shape index (κ3) is 3.14. The van der Waals surface area contributed by atoms with Gasteiger partial charge in [0, 0.05) is 10.6 Å². The second kappa shape index (κ2) is 7.65. The van der Waals surface area contributed by atoms with E-state index in [1.54, 1.807) is 0 Å². The first kappa shape index (κ1) is 20.5. The van der Waals surface area contributed by atoms with Crippen molar-refractivity contribution in [3.8, 4) is 0 Å². The van der Waals surface area contributed by atoms with Crippen molar-refractivity contribution in [2.24, 2.45) is 0 Å². The van der Waals surface area contributed by atoms with E-state index in [9.17, 15) is 8.78 Å². The van der Waals surface area contributed by atoms with Crippen LogP contribution >= 0.6 is 6.89 Å². The maximum atomic E-state index is 15.2. The highest BCUT2D eigenvalue weighted by molar-refractivity contribution is 7.93. The number of hydrogen-bond donors (Lipinski definition) is 0. The third-order valence-corrected chi connectivity index (χ3v) is 9.32. The van der Waals surface area contributed by atoms with Crippen molar-refractivity contribution in [2.75, 3.05) is 0 Å². The number of halogens is 4. The first-order valence-corrected chi connectivity index (χ1v) is 11.9. The molecule has 158 valence electrons. The molecule has 5 aromatic rings. The Hall–Kier alpha value is -3.36. The molecule has 0 fully saturated rings. The van der Waals surface area contributed by atoms with Crippen LogP contribution in [0.2, 0.25) is 0 Å². The Balaban J connectivity index is 2.01. The van der Waals surface area contributed by atoms with E-state index in [-0.39, 0.29) is 10.6 Å². The van der Waals surface area contributed by atoms with Gasteiger partial charge in [0.1, 0.15) is 23.3 Å². The number of rotatable bonds is 3. The minimum absolute atomic E-state index is 0.0672. The molecule has 0 N–H and O–H groups in total. The largest absolute Gasteiger partial charge is 0.207 e. The Morgan fingerprint density at radius 2 is 1.00 bits per heavy atom. The van der Waals surface area contributed by atoms with Crippen molar-refractivity contribution in [1.29, 1.82) is 0 Å². The molecular weight excluding hydrogens is 431 g/mol. The topological polar surface area (TPSA) is 0 Å². The lowest BCUT2D eigenvalue weighted by Gasteiger charge is -2.29. The molecule has 0 spiro atoms. The van der Waals surface area contributed by atoms with Crippen molar-refractivity contribution in [2.45, 2.75) is 0 Å². The molecule has 5 rings (SSSR count). The molecule has 32 heavy (non-hydrogen) atoms. The lowest BCUT2D eigenvalue weighted by Crippen LogP contribution is -2.30. The molecule has 5 heteroatoms. The standard InChI is InChI=1S/C27H17F4P/c1-32(26-15-18(28)10-12-23(26)30,27-16-19(29)11-13-24(27)31)25-14-17-6-2-3-7-20(17)21-8-4-5-9-22(21)25/h2-16H,1H2. The summed E-state index contributed by atoms with van der Waals surface area (Å²) in [6, 6.07) is 23.1. The van der Waals surface area contributed by atoms with E-state index in [0.717, 1.165) is 57.9 Å². The molecule has 0 aliphatic rings. The van der Waals surface area contributed by atoms with Crippen LogP contribution in [-0.4, -0.2) is 6.30 Å². The van der Waals surface area contributed by atoms with Crippen LogP contribution < -0.4 is 15.9 Å². The maximum Gasteiger partial charge on any atom is 0.131 e. The van der Waals surface area contributed by atoms with Gasteiger partial charge in [0.25, 0.3) is 0 Å². The smallest absolute Gasteiger partial charge is 0.131 e. The van der Waals surface area contributed by atoms with Crippen molar-refractivity contribution in [3.63, 3.8) is 0 Å². The number of fused-ring (bicyclic) bond motifs is 3. The molecule has 0 nitrogen and oxygen atoms in total.